The van der Waals surface area contributed by atoms with E-state index in [-0.39, 0.29) is 16.4 Å². The summed E-state index contributed by atoms with van der Waals surface area (Å²) in [5.41, 5.74) is 1.10. The molecule has 0 spiro atoms. The van der Waals surface area contributed by atoms with E-state index in [9.17, 15) is 13.2 Å². The molecule has 0 radical (unpaired) electrons. The van der Waals surface area contributed by atoms with Crippen LogP contribution in [0, 0.1) is 11.8 Å². The Balaban J connectivity index is 1.61. The maximum Gasteiger partial charge on any atom is 0.252 e. The van der Waals surface area contributed by atoms with E-state index in [0.29, 0.717) is 36.5 Å². The van der Waals surface area contributed by atoms with Crippen molar-refractivity contribution in [1.82, 2.24) is 19.2 Å². The minimum absolute atomic E-state index is 0.129. The number of sulfonamides is 1. The molecule has 1 aliphatic heterocycles. The van der Waals surface area contributed by atoms with Crippen LogP contribution in [0.1, 0.15) is 48.1 Å². The predicted molar refractivity (Wildman–Crippen MR) is 134 cm³/mol. The second-order valence-corrected chi connectivity index (χ2v) is 11.3. The molecule has 3 aromatic rings. The Morgan fingerprint density at radius 1 is 1.11 bits per heavy atom. The molecule has 4 rings (SSSR count). The van der Waals surface area contributed by atoms with Gasteiger partial charge in [-0.3, -0.25) is 4.79 Å². The van der Waals surface area contributed by atoms with Gasteiger partial charge in [-0.1, -0.05) is 32.0 Å². The van der Waals surface area contributed by atoms with Gasteiger partial charge in [0.15, 0.2) is 0 Å². The fraction of sp³-hybridized carbons (Fsp3) is 0.385. The van der Waals surface area contributed by atoms with Crippen LogP contribution in [0.4, 0.5) is 0 Å². The zero-order valence-corrected chi connectivity index (χ0v) is 21.3. The Kier molecular flexibility index (Phi) is 7.28. The zero-order chi connectivity index (χ0) is 25.2. The lowest BCUT2D eigenvalue weighted by molar-refractivity contribution is 0.0941. The van der Waals surface area contributed by atoms with Crippen LogP contribution in [0.2, 0.25) is 0 Å². The van der Waals surface area contributed by atoms with E-state index in [1.165, 1.54) is 10.4 Å². The van der Waals surface area contributed by atoms with E-state index < -0.39 is 16.1 Å². The first-order valence-electron chi connectivity index (χ1n) is 11.7. The van der Waals surface area contributed by atoms with Gasteiger partial charge in [0.05, 0.1) is 12.0 Å². The number of methoxy groups -OCH3 is 1. The van der Waals surface area contributed by atoms with Gasteiger partial charge in [-0.05, 0) is 54.2 Å². The van der Waals surface area contributed by atoms with Crippen molar-refractivity contribution in [3.8, 4) is 5.75 Å². The van der Waals surface area contributed by atoms with Gasteiger partial charge in [0.1, 0.15) is 17.6 Å². The van der Waals surface area contributed by atoms with Crippen LogP contribution in [0.5, 0.6) is 5.75 Å². The Hall–Kier alpha value is -3.17. The van der Waals surface area contributed by atoms with E-state index in [4.69, 9.17) is 4.74 Å². The van der Waals surface area contributed by atoms with Crippen molar-refractivity contribution in [2.24, 2.45) is 18.9 Å². The SMILES string of the molecule is COc1ccc([C@@H](NC(=O)c2cccc(S(=O)(=O)N3C[C@H](C)C[C@H](C)C3)c2)c2nccn2C)cc1. The molecule has 1 amide bonds. The zero-order valence-electron chi connectivity index (χ0n) is 20.5. The van der Waals surface area contributed by atoms with Gasteiger partial charge < -0.3 is 14.6 Å². The smallest absolute Gasteiger partial charge is 0.252 e. The number of hydrogen-bond acceptors (Lipinski definition) is 5. The predicted octanol–water partition coefficient (Wildman–Crippen LogP) is 3.61. The number of amides is 1. The second kappa shape index (κ2) is 10.2. The minimum atomic E-state index is -3.70. The van der Waals surface area contributed by atoms with Gasteiger partial charge in [-0.25, -0.2) is 13.4 Å². The molecule has 1 N–H and O–H groups in total. The fourth-order valence-electron chi connectivity index (χ4n) is 4.71. The van der Waals surface area contributed by atoms with Crippen molar-refractivity contribution in [2.45, 2.75) is 31.2 Å². The third-order valence-electron chi connectivity index (χ3n) is 6.41. The monoisotopic (exact) mass is 496 g/mol. The van der Waals surface area contributed by atoms with E-state index in [1.54, 1.807) is 31.5 Å². The summed E-state index contributed by atoms with van der Waals surface area (Å²) in [5, 5.41) is 3.03. The van der Waals surface area contributed by atoms with Crippen LogP contribution >= 0.6 is 0 Å². The minimum Gasteiger partial charge on any atom is -0.497 e. The van der Waals surface area contributed by atoms with Gasteiger partial charge in [-0.2, -0.15) is 4.31 Å². The number of piperidine rings is 1. The number of imidazole rings is 1. The lowest BCUT2D eigenvalue weighted by Crippen LogP contribution is -2.42. The van der Waals surface area contributed by atoms with E-state index in [1.807, 2.05) is 42.1 Å². The molecule has 35 heavy (non-hydrogen) atoms. The molecular formula is C26H32N4O4S. The average molecular weight is 497 g/mol. The number of aromatic nitrogens is 2. The van der Waals surface area contributed by atoms with Crippen LogP contribution in [-0.2, 0) is 17.1 Å². The van der Waals surface area contributed by atoms with E-state index in [2.05, 4.69) is 24.1 Å². The number of hydrogen-bond donors (Lipinski definition) is 1. The highest BCUT2D eigenvalue weighted by molar-refractivity contribution is 7.89. The molecule has 0 saturated carbocycles. The third-order valence-corrected chi connectivity index (χ3v) is 8.24. The normalized spacial score (nSPS) is 19.8. The molecule has 1 aromatic heterocycles. The number of aryl methyl sites for hydroxylation is 1. The van der Waals surface area contributed by atoms with Gasteiger partial charge in [0.25, 0.3) is 5.91 Å². The van der Waals surface area contributed by atoms with Crippen LogP contribution in [0.3, 0.4) is 0 Å². The van der Waals surface area contributed by atoms with Crippen molar-refractivity contribution in [2.75, 3.05) is 20.2 Å². The quantitative estimate of drug-likeness (QED) is 0.539. The summed E-state index contributed by atoms with van der Waals surface area (Å²) >= 11 is 0. The van der Waals surface area contributed by atoms with E-state index >= 15 is 0 Å². The molecule has 0 bridgehead atoms. The van der Waals surface area contributed by atoms with Crippen LogP contribution < -0.4 is 10.1 Å². The summed E-state index contributed by atoms with van der Waals surface area (Å²) in [6, 6.07) is 13.1. The van der Waals surface area contributed by atoms with Gasteiger partial charge in [0, 0.05) is 38.1 Å². The molecule has 1 aliphatic rings. The molecule has 2 heterocycles. The molecule has 186 valence electrons. The lowest BCUT2D eigenvalue weighted by Gasteiger charge is -2.34. The molecule has 1 saturated heterocycles. The first-order chi connectivity index (χ1) is 16.7. The number of carbonyl (C=O) groups is 1. The topological polar surface area (TPSA) is 93.5 Å². The van der Waals surface area contributed by atoms with Crippen LogP contribution in [0.25, 0.3) is 0 Å². The summed E-state index contributed by atoms with van der Waals surface area (Å²) in [6.45, 7) is 5.11. The summed E-state index contributed by atoms with van der Waals surface area (Å²) in [6.07, 6.45) is 4.49. The fourth-order valence-corrected chi connectivity index (χ4v) is 6.44. The summed E-state index contributed by atoms with van der Waals surface area (Å²) in [4.78, 5) is 17.9. The second-order valence-electron chi connectivity index (χ2n) is 9.37. The molecule has 1 fully saturated rings. The molecule has 0 aliphatic carbocycles. The molecule has 9 heteroatoms. The number of benzene rings is 2. The summed E-state index contributed by atoms with van der Waals surface area (Å²) < 4.78 is 35.3. The maximum atomic E-state index is 13.4. The highest BCUT2D eigenvalue weighted by Crippen LogP contribution is 2.28. The molecule has 3 atom stereocenters. The average Bonchev–Trinajstić information content (AvgIpc) is 3.27. The summed E-state index contributed by atoms with van der Waals surface area (Å²) in [7, 11) is -0.243. The highest BCUT2D eigenvalue weighted by Gasteiger charge is 2.32. The number of nitrogens with zero attached hydrogens (tertiary/aromatic N) is 3. The van der Waals surface area contributed by atoms with Gasteiger partial charge >= 0.3 is 0 Å². The Morgan fingerprint density at radius 2 is 1.80 bits per heavy atom. The number of ether oxygens (including phenoxy) is 1. The Bertz CT molecular complexity index is 1280. The lowest BCUT2D eigenvalue weighted by atomic mass is 9.94. The molecule has 2 aromatic carbocycles. The standard InChI is InChI=1S/C26H32N4O4S/c1-18-14-19(2)17-30(16-18)35(32,33)23-7-5-6-21(15-23)26(31)28-24(25-27-12-13-29(25)3)20-8-10-22(34-4)11-9-20/h5-13,15,18-19,24H,14,16-17H2,1-4H3,(H,28,31)/t18-,19+,24-/m1/s1. The molecule has 8 nitrogen and oxygen atoms in total. The van der Waals surface area contributed by atoms with Gasteiger partial charge in [0.2, 0.25) is 10.0 Å². The summed E-state index contributed by atoms with van der Waals surface area (Å²) in [5.74, 6) is 1.57. The van der Waals surface area contributed by atoms with Gasteiger partial charge in [-0.15, -0.1) is 0 Å². The highest BCUT2D eigenvalue weighted by atomic mass is 32.2. The first kappa shape index (κ1) is 24.9. The van der Waals surface area contributed by atoms with Crippen molar-refractivity contribution >= 4 is 15.9 Å². The van der Waals surface area contributed by atoms with Crippen molar-refractivity contribution in [1.29, 1.82) is 0 Å². The maximum absolute atomic E-state index is 13.4. The largest absolute Gasteiger partial charge is 0.497 e. The van der Waals surface area contributed by atoms with E-state index in [0.717, 1.165) is 12.0 Å². The van der Waals surface area contributed by atoms with Crippen LogP contribution in [0.15, 0.2) is 65.8 Å². The molecule has 0 unspecified atom stereocenters. The Morgan fingerprint density at radius 3 is 2.40 bits per heavy atom. The number of nitrogens with one attached hydrogen (secondary N) is 1. The Labute approximate surface area is 207 Å². The number of rotatable bonds is 7. The van der Waals surface area contributed by atoms with Crippen molar-refractivity contribution in [3.63, 3.8) is 0 Å². The third kappa shape index (κ3) is 5.41. The van der Waals surface area contributed by atoms with Crippen molar-refractivity contribution in [3.05, 3.63) is 77.9 Å². The van der Waals surface area contributed by atoms with Crippen molar-refractivity contribution < 1.29 is 17.9 Å². The number of carbonyl (C=O) groups excluding carboxylic acids is 1. The van der Waals surface area contributed by atoms with Crippen LogP contribution in [-0.4, -0.2) is 48.4 Å². The first-order valence-corrected chi connectivity index (χ1v) is 13.1. The molecular weight excluding hydrogens is 464 g/mol.